The maximum Gasteiger partial charge on any atom is 0.251 e. The van der Waals surface area contributed by atoms with Crippen LogP contribution in [0.5, 0.6) is 0 Å². The number of hydrogen-bond donors (Lipinski definition) is 1. The molecule has 1 aliphatic rings. The Morgan fingerprint density at radius 3 is 2.33 bits per heavy atom. The normalized spacial score (nSPS) is 18.4. The van der Waals surface area contributed by atoms with E-state index in [4.69, 9.17) is 0 Å². The molecule has 0 aliphatic carbocycles. The molecule has 0 spiro atoms. The summed E-state index contributed by atoms with van der Waals surface area (Å²) >= 11 is 0. The van der Waals surface area contributed by atoms with Gasteiger partial charge in [-0.2, -0.15) is 4.31 Å². The van der Waals surface area contributed by atoms with Crippen molar-refractivity contribution in [1.29, 1.82) is 0 Å². The molecule has 1 fully saturated rings. The first kappa shape index (κ1) is 16.7. The molecule has 1 saturated heterocycles. The summed E-state index contributed by atoms with van der Waals surface area (Å²) in [6.45, 7) is 0.808. The second-order valence-electron chi connectivity index (χ2n) is 5.80. The Balaban J connectivity index is 1.69. The molecule has 1 atom stereocenters. The fourth-order valence-corrected chi connectivity index (χ4v) is 4.67. The van der Waals surface area contributed by atoms with Crippen LogP contribution in [0.1, 0.15) is 23.2 Å². The van der Waals surface area contributed by atoms with Gasteiger partial charge in [-0.25, -0.2) is 8.42 Å². The van der Waals surface area contributed by atoms with Gasteiger partial charge in [-0.1, -0.05) is 36.4 Å². The maximum atomic E-state index is 12.8. The third-order valence-corrected chi connectivity index (χ3v) is 6.17. The van der Waals surface area contributed by atoms with Crippen LogP contribution < -0.4 is 5.32 Å². The van der Waals surface area contributed by atoms with Gasteiger partial charge in [0.1, 0.15) is 0 Å². The van der Waals surface area contributed by atoms with Gasteiger partial charge in [0, 0.05) is 24.7 Å². The van der Waals surface area contributed by atoms with Gasteiger partial charge in [0.2, 0.25) is 10.0 Å². The number of amides is 1. The molecule has 2 aromatic carbocycles. The number of carbonyl (C=O) groups is 1. The summed E-state index contributed by atoms with van der Waals surface area (Å²) in [6, 6.07) is 17.2. The van der Waals surface area contributed by atoms with Gasteiger partial charge in [-0.3, -0.25) is 4.79 Å². The lowest BCUT2D eigenvalue weighted by Gasteiger charge is -2.24. The summed E-state index contributed by atoms with van der Waals surface area (Å²) in [7, 11) is -3.52. The molecule has 24 heavy (non-hydrogen) atoms. The molecule has 0 saturated carbocycles. The summed E-state index contributed by atoms with van der Waals surface area (Å²) in [4.78, 5) is 12.4. The quantitative estimate of drug-likeness (QED) is 0.905. The molecule has 0 bridgehead atoms. The van der Waals surface area contributed by atoms with E-state index >= 15 is 0 Å². The van der Waals surface area contributed by atoms with Gasteiger partial charge in [0.15, 0.2) is 0 Å². The van der Waals surface area contributed by atoms with E-state index in [1.54, 1.807) is 54.6 Å². The highest BCUT2D eigenvalue weighted by atomic mass is 32.2. The molecule has 2 aromatic rings. The van der Waals surface area contributed by atoms with E-state index in [9.17, 15) is 13.2 Å². The van der Waals surface area contributed by atoms with E-state index in [1.165, 1.54) is 4.31 Å². The molecule has 0 aromatic heterocycles. The average Bonchev–Trinajstić information content (AvgIpc) is 3.10. The highest BCUT2D eigenvalue weighted by Gasteiger charge is 2.35. The molecule has 5 nitrogen and oxygen atoms in total. The Labute approximate surface area is 142 Å². The van der Waals surface area contributed by atoms with Gasteiger partial charge in [-0.05, 0) is 37.1 Å². The van der Waals surface area contributed by atoms with Crippen molar-refractivity contribution in [3.05, 3.63) is 66.2 Å². The highest BCUT2D eigenvalue weighted by molar-refractivity contribution is 7.89. The molecule has 1 unspecified atom stereocenters. The fourth-order valence-electron chi connectivity index (χ4n) is 2.96. The van der Waals surface area contributed by atoms with E-state index in [1.807, 2.05) is 6.07 Å². The molecule has 1 amide bonds. The van der Waals surface area contributed by atoms with E-state index < -0.39 is 10.0 Å². The minimum atomic E-state index is -3.52. The van der Waals surface area contributed by atoms with E-state index in [0.29, 0.717) is 23.5 Å². The molecule has 6 heteroatoms. The molecule has 1 N–H and O–H groups in total. The fraction of sp³-hybridized carbons (Fsp3) is 0.278. The number of nitrogens with one attached hydrogen (secondary N) is 1. The second kappa shape index (κ2) is 7.15. The lowest BCUT2D eigenvalue weighted by atomic mass is 10.2. The predicted molar refractivity (Wildman–Crippen MR) is 92.1 cm³/mol. The van der Waals surface area contributed by atoms with Gasteiger partial charge in [0.25, 0.3) is 5.91 Å². The monoisotopic (exact) mass is 344 g/mol. The second-order valence-corrected chi connectivity index (χ2v) is 7.69. The van der Waals surface area contributed by atoms with Gasteiger partial charge in [-0.15, -0.1) is 0 Å². The van der Waals surface area contributed by atoms with Crippen molar-refractivity contribution in [3.8, 4) is 0 Å². The number of benzene rings is 2. The smallest absolute Gasteiger partial charge is 0.251 e. The number of sulfonamides is 1. The maximum absolute atomic E-state index is 12.8. The molecular formula is C18H20N2O3S. The minimum Gasteiger partial charge on any atom is -0.350 e. The van der Waals surface area contributed by atoms with Crippen LogP contribution in [-0.4, -0.2) is 37.8 Å². The Kier molecular flexibility index (Phi) is 4.97. The third-order valence-electron chi connectivity index (χ3n) is 4.21. The number of rotatable bonds is 5. The SMILES string of the molecule is O=C(NCC1CCCN1S(=O)(=O)c1ccccc1)c1ccccc1. The summed E-state index contributed by atoms with van der Waals surface area (Å²) in [5.41, 5.74) is 0.577. The minimum absolute atomic E-state index is 0.181. The third kappa shape index (κ3) is 3.49. The first-order valence-electron chi connectivity index (χ1n) is 7.99. The first-order chi connectivity index (χ1) is 11.6. The lowest BCUT2D eigenvalue weighted by molar-refractivity contribution is 0.0946. The zero-order valence-corrected chi connectivity index (χ0v) is 14.1. The van der Waals surface area contributed by atoms with Crippen molar-refractivity contribution in [2.24, 2.45) is 0 Å². The van der Waals surface area contributed by atoms with Crippen molar-refractivity contribution in [1.82, 2.24) is 9.62 Å². The van der Waals surface area contributed by atoms with Crippen LogP contribution in [0, 0.1) is 0 Å². The van der Waals surface area contributed by atoms with Gasteiger partial charge < -0.3 is 5.32 Å². The Morgan fingerprint density at radius 1 is 1.04 bits per heavy atom. The number of hydrogen-bond acceptors (Lipinski definition) is 3. The van der Waals surface area contributed by atoms with Gasteiger partial charge >= 0.3 is 0 Å². The Morgan fingerprint density at radius 2 is 1.67 bits per heavy atom. The lowest BCUT2D eigenvalue weighted by Crippen LogP contribution is -2.43. The zero-order valence-electron chi connectivity index (χ0n) is 13.3. The van der Waals surface area contributed by atoms with E-state index in [2.05, 4.69) is 5.32 Å². The van der Waals surface area contributed by atoms with Crippen LogP contribution in [-0.2, 0) is 10.0 Å². The van der Waals surface area contributed by atoms with Crippen LogP contribution in [0.2, 0.25) is 0 Å². The number of carbonyl (C=O) groups excluding carboxylic acids is 1. The van der Waals surface area contributed by atoms with Crippen molar-refractivity contribution in [3.63, 3.8) is 0 Å². The summed E-state index contributed by atoms with van der Waals surface area (Å²) in [5.74, 6) is -0.181. The zero-order chi connectivity index (χ0) is 17.0. The van der Waals surface area contributed by atoms with E-state index in [0.717, 1.165) is 12.8 Å². The molecule has 1 heterocycles. The molecule has 0 radical (unpaired) electrons. The van der Waals surface area contributed by atoms with Crippen LogP contribution >= 0.6 is 0 Å². The molecule has 3 rings (SSSR count). The average molecular weight is 344 g/mol. The first-order valence-corrected chi connectivity index (χ1v) is 9.43. The van der Waals surface area contributed by atoms with Crippen molar-refractivity contribution in [2.75, 3.05) is 13.1 Å². The predicted octanol–water partition coefficient (Wildman–Crippen LogP) is 2.27. The van der Waals surface area contributed by atoms with E-state index in [-0.39, 0.29) is 11.9 Å². The Bertz CT molecular complexity index is 792. The summed E-state index contributed by atoms with van der Waals surface area (Å²) in [5, 5.41) is 2.85. The largest absolute Gasteiger partial charge is 0.350 e. The topological polar surface area (TPSA) is 66.5 Å². The van der Waals surface area contributed by atoms with Gasteiger partial charge in [0.05, 0.1) is 4.90 Å². The Hall–Kier alpha value is -2.18. The standard InChI is InChI=1S/C18H20N2O3S/c21-18(15-8-3-1-4-9-15)19-14-16-10-7-13-20(16)24(22,23)17-11-5-2-6-12-17/h1-6,8-9,11-12,16H,7,10,13-14H2,(H,19,21). The van der Waals surface area contributed by atoms with Crippen molar-refractivity contribution >= 4 is 15.9 Å². The number of nitrogens with zero attached hydrogens (tertiary/aromatic N) is 1. The van der Waals surface area contributed by atoms with Crippen LogP contribution in [0.25, 0.3) is 0 Å². The van der Waals surface area contributed by atoms with Crippen LogP contribution in [0.4, 0.5) is 0 Å². The highest BCUT2D eigenvalue weighted by Crippen LogP contribution is 2.25. The molecule has 1 aliphatic heterocycles. The van der Waals surface area contributed by atoms with Crippen molar-refractivity contribution < 1.29 is 13.2 Å². The summed E-state index contributed by atoms with van der Waals surface area (Å²) < 4.78 is 27.1. The van der Waals surface area contributed by atoms with Crippen molar-refractivity contribution in [2.45, 2.75) is 23.8 Å². The molecule has 126 valence electrons. The van der Waals surface area contributed by atoms with Crippen LogP contribution in [0.3, 0.4) is 0 Å². The summed E-state index contributed by atoms with van der Waals surface area (Å²) in [6.07, 6.45) is 1.55. The molecular weight excluding hydrogens is 324 g/mol. The van der Waals surface area contributed by atoms with Crippen LogP contribution in [0.15, 0.2) is 65.6 Å².